The molecular weight excluding hydrogens is 273 g/mol. The highest BCUT2D eigenvalue weighted by Crippen LogP contribution is 2.32. The first kappa shape index (κ1) is 13.3. The molecule has 20 heavy (non-hydrogen) atoms. The van der Waals surface area contributed by atoms with Gasteiger partial charge in [0.15, 0.2) is 11.5 Å². The van der Waals surface area contributed by atoms with Gasteiger partial charge in [-0.3, -0.25) is 15.1 Å². The fraction of sp³-hybridized carbons (Fsp3) is 0. The van der Waals surface area contributed by atoms with Gasteiger partial charge in [-0.05, 0) is 6.07 Å². The molecule has 0 amide bonds. The molecule has 2 rings (SSSR count). The van der Waals surface area contributed by atoms with Crippen LogP contribution in [0, 0.1) is 15.9 Å². The average molecular weight is 279 g/mol. The molecule has 0 aliphatic carbocycles. The Morgan fingerprint density at radius 1 is 1.40 bits per heavy atom. The van der Waals surface area contributed by atoms with Gasteiger partial charge in [0.1, 0.15) is 0 Å². The lowest BCUT2D eigenvalue weighted by Gasteiger charge is -2.06. The minimum atomic E-state index is -1.36. The number of carboxylic acids is 1. The van der Waals surface area contributed by atoms with Crippen LogP contribution in [-0.4, -0.2) is 26.0 Å². The summed E-state index contributed by atoms with van der Waals surface area (Å²) < 4.78 is 18.5. The Kier molecular flexibility index (Phi) is 3.51. The highest BCUT2D eigenvalue weighted by molar-refractivity contribution is 5.84. The van der Waals surface area contributed by atoms with Crippen LogP contribution in [0.3, 0.4) is 0 Å². The third kappa shape index (κ3) is 2.66. The van der Waals surface area contributed by atoms with Gasteiger partial charge in [-0.25, -0.2) is 14.2 Å². The number of carbonyl (C=O) groups is 1. The van der Waals surface area contributed by atoms with Gasteiger partial charge >= 0.3 is 11.7 Å². The standard InChI is InChI=1S/C11H6FN3O5/c12-6-2-1-3-8(15(18)19)10(6)20-9-5-13-4-7(14-9)11(16)17/h1-5H,(H,16,17). The van der Waals surface area contributed by atoms with Crippen LogP contribution in [-0.2, 0) is 0 Å². The molecule has 1 aromatic heterocycles. The third-order valence-corrected chi connectivity index (χ3v) is 2.18. The summed E-state index contributed by atoms with van der Waals surface area (Å²) in [6.45, 7) is 0. The maximum absolute atomic E-state index is 13.6. The van der Waals surface area contributed by atoms with E-state index < -0.39 is 33.8 Å². The van der Waals surface area contributed by atoms with E-state index in [1.807, 2.05) is 0 Å². The first-order valence-corrected chi connectivity index (χ1v) is 5.15. The fourth-order valence-electron chi connectivity index (χ4n) is 1.35. The number of nitrogens with zero attached hydrogens (tertiary/aromatic N) is 3. The number of rotatable bonds is 4. The summed E-state index contributed by atoms with van der Waals surface area (Å²) in [5.41, 5.74) is -1.03. The molecule has 2 aromatic rings. The molecule has 0 aliphatic rings. The van der Waals surface area contributed by atoms with Crippen LogP contribution in [0.2, 0.25) is 0 Å². The number of hydrogen-bond donors (Lipinski definition) is 1. The number of nitro benzene ring substituents is 1. The first-order chi connectivity index (χ1) is 9.49. The van der Waals surface area contributed by atoms with E-state index in [9.17, 15) is 19.3 Å². The summed E-state index contributed by atoms with van der Waals surface area (Å²) in [5.74, 6) is -3.35. The third-order valence-electron chi connectivity index (χ3n) is 2.18. The molecule has 1 aromatic carbocycles. The average Bonchev–Trinajstić information content (AvgIpc) is 2.41. The van der Waals surface area contributed by atoms with Crippen molar-refractivity contribution >= 4 is 11.7 Å². The Balaban J connectivity index is 2.42. The number of nitro groups is 1. The number of aromatic carboxylic acids is 1. The van der Waals surface area contributed by atoms with Crippen LogP contribution < -0.4 is 4.74 Å². The van der Waals surface area contributed by atoms with E-state index in [4.69, 9.17) is 9.84 Å². The zero-order valence-electron chi connectivity index (χ0n) is 9.69. The maximum Gasteiger partial charge on any atom is 0.356 e. The van der Waals surface area contributed by atoms with Gasteiger partial charge < -0.3 is 9.84 Å². The van der Waals surface area contributed by atoms with Crippen LogP contribution >= 0.6 is 0 Å². The number of aromatic nitrogens is 2. The van der Waals surface area contributed by atoms with Crippen molar-refractivity contribution in [2.24, 2.45) is 0 Å². The minimum absolute atomic E-state index is 0.363. The van der Waals surface area contributed by atoms with E-state index in [1.165, 1.54) is 0 Å². The second-order valence-corrected chi connectivity index (χ2v) is 3.49. The number of halogens is 1. The van der Waals surface area contributed by atoms with Gasteiger partial charge in [0, 0.05) is 6.07 Å². The van der Waals surface area contributed by atoms with Gasteiger partial charge in [0.05, 0.1) is 17.3 Å². The Hall–Kier alpha value is -3.10. The Morgan fingerprint density at radius 3 is 2.80 bits per heavy atom. The number of hydrogen-bond acceptors (Lipinski definition) is 6. The van der Waals surface area contributed by atoms with Crippen molar-refractivity contribution in [2.75, 3.05) is 0 Å². The summed E-state index contributed by atoms with van der Waals surface area (Å²) in [6.07, 6.45) is 1.98. The second kappa shape index (κ2) is 5.26. The molecule has 0 unspecified atom stereocenters. The zero-order valence-corrected chi connectivity index (χ0v) is 9.69. The molecule has 0 bridgehead atoms. The predicted octanol–water partition coefficient (Wildman–Crippen LogP) is 2.01. The molecule has 0 radical (unpaired) electrons. The molecule has 0 spiro atoms. The largest absolute Gasteiger partial charge is 0.476 e. The monoisotopic (exact) mass is 279 g/mol. The summed E-state index contributed by atoms with van der Waals surface area (Å²) in [5, 5.41) is 19.5. The first-order valence-electron chi connectivity index (χ1n) is 5.15. The lowest BCUT2D eigenvalue weighted by atomic mass is 10.3. The molecule has 0 saturated carbocycles. The van der Waals surface area contributed by atoms with Gasteiger partial charge in [0.25, 0.3) is 0 Å². The fourth-order valence-corrected chi connectivity index (χ4v) is 1.35. The lowest BCUT2D eigenvalue weighted by molar-refractivity contribution is -0.385. The Morgan fingerprint density at radius 2 is 2.15 bits per heavy atom. The van der Waals surface area contributed by atoms with E-state index in [2.05, 4.69) is 9.97 Å². The molecule has 0 aliphatic heterocycles. The summed E-state index contributed by atoms with van der Waals surface area (Å²) in [7, 11) is 0. The van der Waals surface area contributed by atoms with Gasteiger partial charge in [-0.1, -0.05) is 6.07 Å². The molecule has 0 atom stereocenters. The minimum Gasteiger partial charge on any atom is -0.476 e. The molecule has 1 heterocycles. The summed E-state index contributed by atoms with van der Waals surface area (Å²) in [4.78, 5) is 27.7. The van der Waals surface area contributed by atoms with Crippen molar-refractivity contribution in [1.82, 2.24) is 9.97 Å². The summed E-state index contributed by atoms with van der Waals surface area (Å²) >= 11 is 0. The number of para-hydroxylation sites is 1. The molecule has 102 valence electrons. The van der Waals surface area contributed by atoms with Crippen LogP contribution in [0.1, 0.15) is 10.5 Å². The van der Waals surface area contributed by atoms with Crippen molar-refractivity contribution < 1.29 is 24.0 Å². The van der Waals surface area contributed by atoms with Crippen LogP contribution in [0.4, 0.5) is 10.1 Å². The van der Waals surface area contributed by atoms with Crippen LogP contribution in [0.25, 0.3) is 0 Å². The van der Waals surface area contributed by atoms with E-state index in [0.29, 0.717) is 0 Å². The molecule has 9 heteroatoms. The Labute approximate surface area is 110 Å². The predicted molar refractivity (Wildman–Crippen MR) is 62.1 cm³/mol. The second-order valence-electron chi connectivity index (χ2n) is 3.49. The van der Waals surface area contributed by atoms with E-state index in [-0.39, 0.29) is 5.88 Å². The van der Waals surface area contributed by atoms with Crippen LogP contribution in [0.15, 0.2) is 30.6 Å². The van der Waals surface area contributed by atoms with E-state index in [0.717, 1.165) is 30.6 Å². The van der Waals surface area contributed by atoms with Crippen molar-refractivity contribution in [1.29, 1.82) is 0 Å². The quantitative estimate of drug-likeness (QED) is 0.672. The smallest absolute Gasteiger partial charge is 0.356 e. The van der Waals surface area contributed by atoms with Gasteiger partial charge in [-0.15, -0.1) is 0 Å². The van der Waals surface area contributed by atoms with Crippen molar-refractivity contribution in [3.05, 3.63) is 52.2 Å². The van der Waals surface area contributed by atoms with Crippen molar-refractivity contribution in [2.45, 2.75) is 0 Å². The van der Waals surface area contributed by atoms with Crippen LogP contribution in [0.5, 0.6) is 11.6 Å². The molecular formula is C11H6FN3O5. The zero-order chi connectivity index (χ0) is 14.7. The molecule has 0 saturated heterocycles. The van der Waals surface area contributed by atoms with Crippen molar-refractivity contribution in [3.63, 3.8) is 0 Å². The van der Waals surface area contributed by atoms with Gasteiger partial charge in [0.2, 0.25) is 11.6 Å². The van der Waals surface area contributed by atoms with E-state index >= 15 is 0 Å². The highest BCUT2D eigenvalue weighted by atomic mass is 19.1. The number of benzene rings is 1. The number of ether oxygens (including phenoxy) is 1. The normalized spacial score (nSPS) is 10.1. The topological polar surface area (TPSA) is 115 Å². The maximum atomic E-state index is 13.6. The number of carboxylic acid groups (broad SMARTS) is 1. The van der Waals surface area contributed by atoms with Gasteiger partial charge in [-0.2, -0.15) is 0 Å². The molecule has 8 nitrogen and oxygen atoms in total. The van der Waals surface area contributed by atoms with Crippen molar-refractivity contribution in [3.8, 4) is 11.6 Å². The lowest BCUT2D eigenvalue weighted by Crippen LogP contribution is -2.03. The highest BCUT2D eigenvalue weighted by Gasteiger charge is 2.21. The Bertz CT molecular complexity index is 692. The molecule has 1 N–H and O–H groups in total. The molecule has 0 fully saturated rings. The van der Waals surface area contributed by atoms with E-state index in [1.54, 1.807) is 0 Å². The SMILES string of the molecule is O=C(O)c1cncc(Oc2c(F)cccc2[N+](=O)[O-])n1. The summed E-state index contributed by atoms with van der Waals surface area (Å²) in [6, 6.07) is 3.17.